The molecular weight excluding hydrogens is 372 g/mol. The third-order valence-corrected chi connectivity index (χ3v) is 5.01. The monoisotopic (exact) mass is 394 g/mol. The van der Waals surface area contributed by atoms with Crippen molar-refractivity contribution in [1.29, 1.82) is 0 Å². The van der Waals surface area contributed by atoms with Crippen LogP contribution in [0.1, 0.15) is 18.4 Å². The predicted octanol–water partition coefficient (Wildman–Crippen LogP) is 3.56. The van der Waals surface area contributed by atoms with Gasteiger partial charge in [-0.15, -0.1) is 0 Å². The van der Waals surface area contributed by atoms with Gasteiger partial charge in [0.25, 0.3) is 0 Å². The van der Waals surface area contributed by atoms with Crippen molar-refractivity contribution in [3.63, 3.8) is 0 Å². The van der Waals surface area contributed by atoms with Crippen LogP contribution in [-0.2, 0) is 6.54 Å². The van der Waals surface area contributed by atoms with Crippen LogP contribution in [-0.4, -0.2) is 37.0 Å². The van der Waals surface area contributed by atoms with Gasteiger partial charge in [0.1, 0.15) is 5.82 Å². The molecule has 1 saturated carbocycles. The van der Waals surface area contributed by atoms with E-state index in [2.05, 4.69) is 15.6 Å². The van der Waals surface area contributed by atoms with Crippen molar-refractivity contribution < 1.29 is 18.9 Å². The van der Waals surface area contributed by atoms with E-state index in [1.54, 1.807) is 14.2 Å². The Morgan fingerprint density at radius 1 is 1.00 bits per heavy atom. The zero-order valence-electron chi connectivity index (χ0n) is 16.3. The van der Waals surface area contributed by atoms with Gasteiger partial charge in [0.15, 0.2) is 23.0 Å². The summed E-state index contributed by atoms with van der Waals surface area (Å²) in [5.74, 6) is 4.17. The van der Waals surface area contributed by atoms with Gasteiger partial charge in [0.05, 0.1) is 19.7 Å². The Kier molecular flexibility index (Phi) is 4.38. The first-order chi connectivity index (χ1) is 14.2. The number of hydrogen-bond donors (Lipinski definition) is 2. The van der Waals surface area contributed by atoms with Gasteiger partial charge in [-0.3, -0.25) is 0 Å². The summed E-state index contributed by atoms with van der Waals surface area (Å²) in [6, 6.07) is 10.1. The molecule has 1 aliphatic heterocycles. The first-order valence-corrected chi connectivity index (χ1v) is 9.56. The van der Waals surface area contributed by atoms with Crippen molar-refractivity contribution in [3.8, 4) is 23.0 Å². The summed E-state index contributed by atoms with van der Waals surface area (Å²) < 4.78 is 21.7. The lowest BCUT2D eigenvalue weighted by atomic mass is 10.2. The van der Waals surface area contributed by atoms with E-state index >= 15 is 0 Å². The fraction of sp³-hybridized carbons (Fsp3) is 0.333. The number of aromatic nitrogens is 2. The summed E-state index contributed by atoms with van der Waals surface area (Å²) in [4.78, 5) is 9.40. The van der Waals surface area contributed by atoms with Crippen LogP contribution in [0, 0.1) is 0 Å². The first kappa shape index (κ1) is 17.7. The molecule has 0 amide bonds. The molecule has 0 bridgehead atoms. The van der Waals surface area contributed by atoms with E-state index in [0.717, 1.165) is 46.6 Å². The molecule has 0 atom stereocenters. The number of fused-ring (bicyclic) bond motifs is 2. The first-order valence-electron chi connectivity index (χ1n) is 9.56. The van der Waals surface area contributed by atoms with Crippen LogP contribution < -0.4 is 29.6 Å². The molecule has 2 aromatic carbocycles. The van der Waals surface area contributed by atoms with Crippen LogP contribution in [0.25, 0.3) is 10.9 Å². The fourth-order valence-electron chi connectivity index (χ4n) is 3.30. The van der Waals surface area contributed by atoms with Crippen molar-refractivity contribution in [2.75, 3.05) is 31.6 Å². The molecule has 29 heavy (non-hydrogen) atoms. The molecule has 0 unspecified atom stereocenters. The highest BCUT2D eigenvalue weighted by atomic mass is 16.7. The number of benzene rings is 2. The van der Waals surface area contributed by atoms with E-state index in [9.17, 15) is 0 Å². The van der Waals surface area contributed by atoms with E-state index in [1.807, 2.05) is 30.3 Å². The highest BCUT2D eigenvalue weighted by Gasteiger charge is 2.23. The second kappa shape index (κ2) is 7.20. The minimum absolute atomic E-state index is 0.265. The fourth-order valence-corrected chi connectivity index (χ4v) is 3.30. The van der Waals surface area contributed by atoms with E-state index < -0.39 is 0 Å². The highest BCUT2D eigenvalue weighted by Crippen LogP contribution is 2.36. The van der Waals surface area contributed by atoms with Gasteiger partial charge in [-0.25, -0.2) is 4.98 Å². The van der Waals surface area contributed by atoms with Crippen LogP contribution in [0.3, 0.4) is 0 Å². The zero-order chi connectivity index (χ0) is 19.8. The zero-order valence-corrected chi connectivity index (χ0v) is 16.3. The second-order valence-corrected chi connectivity index (χ2v) is 7.08. The highest BCUT2D eigenvalue weighted by molar-refractivity contribution is 5.93. The van der Waals surface area contributed by atoms with Gasteiger partial charge in [-0.05, 0) is 36.6 Å². The lowest BCUT2D eigenvalue weighted by Gasteiger charge is -2.14. The number of ether oxygens (including phenoxy) is 4. The summed E-state index contributed by atoms with van der Waals surface area (Å²) >= 11 is 0. The molecule has 1 aromatic heterocycles. The van der Waals surface area contributed by atoms with Gasteiger partial charge in [-0.1, -0.05) is 6.07 Å². The quantitative estimate of drug-likeness (QED) is 0.629. The van der Waals surface area contributed by atoms with Crippen molar-refractivity contribution in [2.24, 2.45) is 0 Å². The van der Waals surface area contributed by atoms with Gasteiger partial charge < -0.3 is 29.6 Å². The van der Waals surface area contributed by atoms with Crippen LogP contribution in [0.5, 0.6) is 23.0 Å². The van der Waals surface area contributed by atoms with E-state index in [4.69, 9.17) is 23.9 Å². The Bertz CT molecular complexity index is 1070. The molecule has 150 valence electrons. The average molecular weight is 394 g/mol. The minimum Gasteiger partial charge on any atom is -0.493 e. The van der Waals surface area contributed by atoms with Crippen LogP contribution in [0.4, 0.5) is 11.8 Å². The third-order valence-electron chi connectivity index (χ3n) is 5.01. The Balaban J connectivity index is 1.46. The van der Waals surface area contributed by atoms with Crippen molar-refractivity contribution in [3.05, 3.63) is 35.9 Å². The van der Waals surface area contributed by atoms with Crippen LogP contribution in [0.15, 0.2) is 30.3 Å². The normalized spacial score (nSPS) is 14.7. The second-order valence-electron chi connectivity index (χ2n) is 7.08. The smallest absolute Gasteiger partial charge is 0.231 e. The van der Waals surface area contributed by atoms with Crippen molar-refractivity contribution in [2.45, 2.75) is 25.4 Å². The maximum Gasteiger partial charge on any atom is 0.231 e. The van der Waals surface area contributed by atoms with Crippen molar-refractivity contribution in [1.82, 2.24) is 9.97 Å². The largest absolute Gasteiger partial charge is 0.493 e. The van der Waals surface area contributed by atoms with Crippen LogP contribution >= 0.6 is 0 Å². The van der Waals surface area contributed by atoms with E-state index in [-0.39, 0.29) is 6.79 Å². The number of hydrogen-bond acceptors (Lipinski definition) is 8. The van der Waals surface area contributed by atoms with E-state index in [0.29, 0.717) is 30.0 Å². The number of anilines is 2. The van der Waals surface area contributed by atoms with Gasteiger partial charge in [-0.2, -0.15) is 4.98 Å². The van der Waals surface area contributed by atoms with E-state index in [1.165, 1.54) is 0 Å². The molecular formula is C21H22N4O4. The van der Waals surface area contributed by atoms with Crippen molar-refractivity contribution >= 4 is 22.7 Å². The molecule has 0 radical (unpaired) electrons. The molecule has 5 rings (SSSR count). The molecule has 8 nitrogen and oxygen atoms in total. The Labute approximate surface area is 168 Å². The molecule has 3 aromatic rings. The number of nitrogens with one attached hydrogen (secondary N) is 2. The predicted molar refractivity (Wildman–Crippen MR) is 109 cm³/mol. The summed E-state index contributed by atoms with van der Waals surface area (Å²) in [6.07, 6.45) is 2.30. The summed E-state index contributed by atoms with van der Waals surface area (Å²) in [5, 5.41) is 7.72. The number of rotatable bonds is 7. The SMILES string of the molecule is COc1cc2nc(NCc3ccc4c(c3)OCO4)nc(NC3CC3)c2cc1OC. The van der Waals surface area contributed by atoms with Gasteiger partial charge in [0, 0.05) is 24.0 Å². The molecule has 8 heteroatoms. The molecule has 1 aliphatic carbocycles. The molecule has 2 N–H and O–H groups in total. The summed E-state index contributed by atoms with van der Waals surface area (Å²) in [7, 11) is 3.24. The van der Waals surface area contributed by atoms with Crippen LogP contribution in [0.2, 0.25) is 0 Å². The summed E-state index contributed by atoms with van der Waals surface area (Å²) in [5.41, 5.74) is 1.84. The minimum atomic E-state index is 0.265. The standard InChI is InChI=1S/C21H22N4O4/c1-26-17-8-14-15(9-18(17)27-2)24-21(25-20(14)23-13-4-5-13)22-10-12-3-6-16-19(7-12)29-11-28-16/h3,6-9,13H,4-5,10-11H2,1-2H3,(H2,22,23,24,25). The molecule has 2 aliphatic rings. The molecule has 0 saturated heterocycles. The Morgan fingerprint density at radius 3 is 2.59 bits per heavy atom. The number of methoxy groups -OCH3 is 2. The maximum atomic E-state index is 5.45. The Morgan fingerprint density at radius 2 is 1.79 bits per heavy atom. The van der Waals surface area contributed by atoms with Gasteiger partial charge >= 0.3 is 0 Å². The molecule has 1 fully saturated rings. The topological polar surface area (TPSA) is 86.8 Å². The number of nitrogens with zero attached hydrogens (tertiary/aromatic N) is 2. The molecule has 0 spiro atoms. The maximum absolute atomic E-state index is 5.45. The Hall–Kier alpha value is -3.42. The average Bonchev–Trinajstić information content (AvgIpc) is 3.44. The lowest BCUT2D eigenvalue weighted by molar-refractivity contribution is 0.174. The lowest BCUT2D eigenvalue weighted by Crippen LogP contribution is -2.09. The van der Waals surface area contributed by atoms with Gasteiger partial charge in [0.2, 0.25) is 12.7 Å². The molecule has 2 heterocycles. The third kappa shape index (κ3) is 3.53. The summed E-state index contributed by atoms with van der Waals surface area (Å²) in [6.45, 7) is 0.833.